The smallest absolute Gasteiger partial charge is 0.104 e. The number of ether oxygens (including phenoxy) is 2. The Balaban J connectivity index is 1.71. The largest absolute Gasteiger partial charge is 0.376 e. The summed E-state index contributed by atoms with van der Waals surface area (Å²) in [7, 11) is 2.04. The summed E-state index contributed by atoms with van der Waals surface area (Å²) < 4.78 is 11.0. The van der Waals surface area contributed by atoms with Crippen molar-refractivity contribution in [2.45, 2.75) is 43.9 Å². The maximum absolute atomic E-state index is 5.89. The van der Waals surface area contributed by atoms with Gasteiger partial charge in [0.1, 0.15) is 6.10 Å². The summed E-state index contributed by atoms with van der Waals surface area (Å²) in [4.78, 5) is 0. The van der Waals surface area contributed by atoms with Gasteiger partial charge in [0.25, 0.3) is 0 Å². The van der Waals surface area contributed by atoms with E-state index in [-0.39, 0.29) is 0 Å². The van der Waals surface area contributed by atoms with E-state index in [1.165, 1.54) is 25.7 Å². The van der Waals surface area contributed by atoms with Crippen molar-refractivity contribution in [2.75, 3.05) is 20.3 Å². The van der Waals surface area contributed by atoms with Gasteiger partial charge in [0.15, 0.2) is 0 Å². The Morgan fingerprint density at radius 3 is 2.69 bits per heavy atom. The summed E-state index contributed by atoms with van der Waals surface area (Å²) >= 11 is 0. The summed E-state index contributed by atoms with van der Waals surface area (Å²) in [6.45, 7) is 1.61. The van der Waals surface area contributed by atoms with Crippen molar-refractivity contribution in [3.8, 4) is 0 Å². The first kappa shape index (κ1) is 9.44. The van der Waals surface area contributed by atoms with Crippen molar-refractivity contribution in [3.05, 3.63) is 0 Å². The fourth-order valence-electron chi connectivity index (χ4n) is 2.10. The third kappa shape index (κ3) is 2.42. The lowest BCUT2D eigenvalue weighted by Gasteiger charge is -2.35. The molecule has 1 N–H and O–H groups in total. The topological polar surface area (TPSA) is 30.5 Å². The predicted octanol–water partition coefficient (Wildman–Crippen LogP) is 0.932. The highest BCUT2D eigenvalue weighted by Crippen LogP contribution is 2.23. The lowest BCUT2D eigenvalue weighted by Crippen LogP contribution is -2.42. The zero-order valence-corrected chi connectivity index (χ0v) is 8.29. The molecule has 1 aliphatic heterocycles. The van der Waals surface area contributed by atoms with Crippen LogP contribution in [0.1, 0.15) is 25.7 Å². The average molecular weight is 185 g/mol. The van der Waals surface area contributed by atoms with Gasteiger partial charge in [-0.3, -0.25) is 0 Å². The molecule has 2 rings (SSSR count). The Hall–Kier alpha value is -0.120. The maximum Gasteiger partial charge on any atom is 0.104 e. The highest BCUT2D eigenvalue weighted by atomic mass is 16.6. The molecule has 2 aliphatic rings. The van der Waals surface area contributed by atoms with Crippen LogP contribution in [-0.4, -0.2) is 38.5 Å². The van der Waals surface area contributed by atoms with Crippen molar-refractivity contribution in [2.24, 2.45) is 0 Å². The quantitative estimate of drug-likeness (QED) is 0.709. The molecule has 2 fully saturated rings. The molecule has 0 aromatic rings. The zero-order chi connectivity index (χ0) is 9.10. The number of hydrogen-bond acceptors (Lipinski definition) is 3. The van der Waals surface area contributed by atoms with Crippen LogP contribution in [0.25, 0.3) is 0 Å². The molecule has 76 valence electrons. The van der Waals surface area contributed by atoms with Gasteiger partial charge < -0.3 is 14.8 Å². The molecule has 0 aromatic carbocycles. The second-order valence-electron chi connectivity index (χ2n) is 4.07. The number of nitrogens with one attached hydrogen (secondary N) is 1. The van der Waals surface area contributed by atoms with Gasteiger partial charge in [-0.15, -0.1) is 0 Å². The SMILES string of the molecule is CNC1CCCC(OC2COC2)C1. The van der Waals surface area contributed by atoms with E-state index in [9.17, 15) is 0 Å². The normalized spacial score (nSPS) is 35.8. The van der Waals surface area contributed by atoms with Crippen LogP contribution in [0, 0.1) is 0 Å². The van der Waals surface area contributed by atoms with Crippen LogP contribution in [0.4, 0.5) is 0 Å². The third-order valence-corrected chi connectivity index (χ3v) is 3.03. The van der Waals surface area contributed by atoms with Crippen LogP contribution in [0.15, 0.2) is 0 Å². The molecule has 3 heteroatoms. The fraction of sp³-hybridized carbons (Fsp3) is 1.00. The first-order valence-electron chi connectivity index (χ1n) is 5.29. The van der Waals surface area contributed by atoms with Gasteiger partial charge in [0.05, 0.1) is 19.3 Å². The van der Waals surface area contributed by atoms with E-state index in [1.54, 1.807) is 0 Å². The van der Waals surface area contributed by atoms with Crippen molar-refractivity contribution < 1.29 is 9.47 Å². The first-order chi connectivity index (χ1) is 6.38. The molecule has 0 spiro atoms. The Morgan fingerprint density at radius 1 is 1.23 bits per heavy atom. The summed E-state index contributed by atoms with van der Waals surface area (Å²) in [5, 5.41) is 3.33. The summed E-state index contributed by atoms with van der Waals surface area (Å²) in [5.74, 6) is 0. The highest BCUT2D eigenvalue weighted by molar-refractivity contribution is 4.79. The molecule has 0 amide bonds. The molecule has 2 atom stereocenters. The van der Waals surface area contributed by atoms with Crippen LogP contribution in [0.2, 0.25) is 0 Å². The van der Waals surface area contributed by atoms with Crippen LogP contribution in [-0.2, 0) is 9.47 Å². The summed E-state index contributed by atoms with van der Waals surface area (Å²) in [6, 6.07) is 0.666. The van der Waals surface area contributed by atoms with Crippen molar-refractivity contribution in [1.29, 1.82) is 0 Å². The Labute approximate surface area is 79.8 Å². The molecule has 1 saturated heterocycles. The fourth-order valence-corrected chi connectivity index (χ4v) is 2.10. The second kappa shape index (κ2) is 4.40. The number of rotatable bonds is 3. The predicted molar refractivity (Wildman–Crippen MR) is 50.8 cm³/mol. The second-order valence-corrected chi connectivity index (χ2v) is 4.07. The van der Waals surface area contributed by atoms with Gasteiger partial charge >= 0.3 is 0 Å². The molecule has 3 nitrogen and oxygen atoms in total. The van der Waals surface area contributed by atoms with Crippen molar-refractivity contribution in [1.82, 2.24) is 5.32 Å². The molecule has 1 heterocycles. The van der Waals surface area contributed by atoms with Gasteiger partial charge in [0.2, 0.25) is 0 Å². The van der Waals surface area contributed by atoms with E-state index in [2.05, 4.69) is 5.32 Å². The first-order valence-corrected chi connectivity index (χ1v) is 5.29. The molecule has 1 saturated carbocycles. The molecule has 0 bridgehead atoms. The average Bonchev–Trinajstić information content (AvgIpc) is 2.12. The third-order valence-electron chi connectivity index (χ3n) is 3.03. The van der Waals surface area contributed by atoms with Crippen LogP contribution in [0.3, 0.4) is 0 Å². The van der Waals surface area contributed by atoms with Gasteiger partial charge in [-0.25, -0.2) is 0 Å². The van der Waals surface area contributed by atoms with Crippen molar-refractivity contribution in [3.63, 3.8) is 0 Å². The minimum atomic E-state index is 0.389. The van der Waals surface area contributed by atoms with Gasteiger partial charge in [-0.1, -0.05) is 0 Å². The minimum absolute atomic E-state index is 0.389. The van der Waals surface area contributed by atoms with E-state index in [0.29, 0.717) is 18.2 Å². The molecule has 13 heavy (non-hydrogen) atoms. The van der Waals surface area contributed by atoms with Crippen LogP contribution >= 0.6 is 0 Å². The number of hydrogen-bond donors (Lipinski definition) is 1. The van der Waals surface area contributed by atoms with Crippen molar-refractivity contribution >= 4 is 0 Å². The van der Waals surface area contributed by atoms with E-state index in [1.807, 2.05) is 7.05 Å². The Kier molecular flexibility index (Phi) is 3.19. The van der Waals surface area contributed by atoms with E-state index in [0.717, 1.165) is 13.2 Å². The Morgan fingerprint density at radius 2 is 2.08 bits per heavy atom. The Bertz CT molecular complexity index is 157. The molecule has 2 unspecified atom stereocenters. The van der Waals surface area contributed by atoms with E-state index < -0.39 is 0 Å². The van der Waals surface area contributed by atoms with Crippen LogP contribution < -0.4 is 5.32 Å². The van der Waals surface area contributed by atoms with Gasteiger partial charge in [0, 0.05) is 6.04 Å². The van der Waals surface area contributed by atoms with E-state index in [4.69, 9.17) is 9.47 Å². The molecule has 1 aliphatic carbocycles. The zero-order valence-electron chi connectivity index (χ0n) is 8.29. The molecular formula is C10H19NO2. The van der Waals surface area contributed by atoms with Gasteiger partial charge in [-0.2, -0.15) is 0 Å². The standard InChI is InChI=1S/C10H19NO2/c1-11-8-3-2-4-9(5-8)13-10-6-12-7-10/h8-11H,2-7H2,1H3. The monoisotopic (exact) mass is 185 g/mol. The summed E-state index contributed by atoms with van der Waals surface area (Å²) in [5.41, 5.74) is 0. The lowest BCUT2D eigenvalue weighted by molar-refractivity contribution is -0.161. The van der Waals surface area contributed by atoms with Crippen LogP contribution in [0.5, 0.6) is 0 Å². The minimum Gasteiger partial charge on any atom is -0.376 e. The maximum atomic E-state index is 5.89. The molecular weight excluding hydrogens is 166 g/mol. The highest BCUT2D eigenvalue weighted by Gasteiger charge is 2.27. The molecule has 0 radical (unpaired) electrons. The van der Waals surface area contributed by atoms with Gasteiger partial charge in [-0.05, 0) is 32.7 Å². The summed E-state index contributed by atoms with van der Waals surface area (Å²) in [6.07, 6.45) is 5.86. The van der Waals surface area contributed by atoms with E-state index >= 15 is 0 Å². The molecule has 0 aromatic heterocycles. The lowest BCUT2D eigenvalue weighted by atomic mass is 9.93.